The highest BCUT2D eigenvalue weighted by atomic mass is 16.3. The number of phenols is 1. The van der Waals surface area contributed by atoms with Gasteiger partial charge in [-0.15, -0.1) is 0 Å². The molecule has 0 saturated heterocycles. The number of phenolic OH excluding ortho intramolecular Hbond substituents is 1. The third kappa shape index (κ3) is 3.81. The van der Waals surface area contributed by atoms with Gasteiger partial charge in [0.2, 0.25) is 0 Å². The molecule has 5 heteroatoms. The number of azide groups is 1. The lowest BCUT2D eigenvalue weighted by molar-refractivity contribution is 0.281. The van der Waals surface area contributed by atoms with E-state index < -0.39 is 0 Å². The molecule has 1 unspecified atom stereocenters. The van der Waals surface area contributed by atoms with E-state index in [2.05, 4.69) is 10.0 Å². The molecule has 1 atom stereocenters. The van der Waals surface area contributed by atoms with Crippen LogP contribution in [-0.4, -0.2) is 16.8 Å². The quantitative estimate of drug-likeness (QED) is 0.334. The number of hydrogen-bond acceptors (Lipinski definition) is 3. The first-order chi connectivity index (χ1) is 7.77. The van der Waals surface area contributed by atoms with Gasteiger partial charge in [0.1, 0.15) is 5.75 Å². The number of benzene rings is 1. The summed E-state index contributed by atoms with van der Waals surface area (Å²) in [7, 11) is 0. The Morgan fingerprint density at radius 2 is 1.94 bits per heavy atom. The van der Waals surface area contributed by atoms with Gasteiger partial charge in [0.05, 0.1) is 6.04 Å². The number of unbranched alkanes of at least 4 members (excludes halogenated alkanes) is 1. The second-order valence-corrected chi connectivity index (χ2v) is 3.53. The van der Waals surface area contributed by atoms with Gasteiger partial charge in [-0.3, -0.25) is 0 Å². The van der Waals surface area contributed by atoms with Crippen molar-refractivity contribution in [2.45, 2.75) is 25.3 Å². The Labute approximate surface area is 94.0 Å². The number of aromatic hydroxyl groups is 1. The van der Waals surface area contributed by atoms with Gasteiger partial charge in [0, 0.05) is 11.5 Å². The zero-order chi connectivity index (χ0) is 11.8. The number of aliphatic hydroxyl groups is 1. The maximum atomic E-state index is 9.15. The van der Waals surface area contributed by atoms with Gasteiger partial charge < -0.3 is 10.2 Å². The van der Waals surface area contributed by atoms with Crippen molar-refractivity contribution in [2.75, 3.05) is 6.61 Å². The van der Waals surface area contributed by atoms with Gasteiger partial charge >= 0.3 is 0 Å². The highest BCUT2D eigenvalue weighted by molar-refractivity contribution is 5.28. The summed E-state index contributed by atoms with van der Waals surface area (Å²) < 4.78 is 0. The number of nitrogens with zero attached hydrogens (tertiary/aromatic N) is 3. The van der Waals surface area contributed by atoms with Crippen LogP contribution in [0.2, 0.25) is 0 Å². The molecule has 0 aliphatic heterocycles. The molecule has 0 bridgehead atoms. The van der Waals surface area contributed by atoms with Gasteiger partial charge in [-0.1, -0.05) is 23.7 Å². The Balaban J connectivity index is 2.69. The van der Waals surface area contributed by atoms with Crippen LogP contribution in [0.5, 0.6) is 5.75 Å². The molecule has 16 heavy (non-hydrogen) atoms. The fraction of sp³-hybridized carbons (Fsp3) is 0.455. The summed E-state index contributed by atoms with van der Waals surface area (Å²) in [6, 6.07) is 6.40. The van der Waals surface area contributed by atoms with Crippen LogP contribution in [0.15, 0.2) is 29.4 Å². The molecule has 0 heterocycles. The lowest BCUT2D eigenvalue weighted by atomic mass is 10.0. The molecule has 86 valence electrons. The molecule has 0 radical (unpaired) electrons. The summed E-state index contributed by atoms with van der Waals surface area (Å²) in [6.45, 7) is 0.151. The molecule has 0 fully saturated rings. The third-order valence-corrected chi connectivity index (χ3v) is 2.35. The van der Waals surface area contributed by atoms with Crippen LogP contribution in [-0.2, 0) is 0 Å². The van der Waals surface area contributed by atoms with E-state index in [-0.39, 0.29) is 18.4 Å². The largest absolute Gasteiger partial charge is 0.508 e. The van der Waals surface area contributed by atoms with Gasteiger partial charge in [0.15, 0.2) is 0 Å². The van der Waals surface area contributed by atoms with Crippen molar-refractivity contribution in [3.8, 4) is 5.75 Å². The van der Waals surface area contributed by atoms with Crippen LogP contribution >= 0.6 is 0 Å². The Morgan fingerprint density at radius 1 is 1.25 bits per heavy atom. The summed E-state index contributed by atoms with van der Waals surface area (Å²) >= 11 is 0. The van der Waals surface area contributed by atoms with Crippen LogP contribution in [0.1, 0.15) is 30.9 Å². The number of hydrogen-bond donors (Lipinski definition) is 2. The highest BCUT2D eigenvalue weighted by Crippen LogP contribution is 2.25. The number of rotatable bonds is 6. The second-order valence-electron chi connectivity index (χ2n) is 3.53. The smallest absolute Gasteiger partial charge is 0.115 e. The fourth-order valence-electron chi connectivity index (χ4n) is 1.50. The lowest BCUT2D eigenvalue weighted by Crippen LogP contribution is -1.95. The van der Waals surface area contributed by atoms with Crippen LogP contribution in [0.3, 0.4) is 0 Å². The van der Waals surface area contributed by atoms with E-state index >= 15 is 0 Å². The monoisotopic (exact) mass is 221 g/mol. The predicted octanol–water partition coefficient (Wildman–Crippen LogP) is 2.91. The highest BCUT2D eigenvalue weighted by Gasteiger charge is 2.08. The maximum Gasteiger partial charge on any atom is 0.115 e. The maximum absolute atomic E-state index is 9.15. The summed E-state index contributed by atoms with van der Waals surface area (Å²) in [5.74, 6) is 0.193. The van der Waals surface area contributed by atoms with Crippen molar-refractivity contribution in [1.82, 2.24) is 0 Å². The van der Waals surface area contributed by atoms with Gasteiger partial charge in [-0.25, -0.2) is 0 Å². The first-order valence-corrected chi connectivity index (χ1v) is 5.22. The Morgan fingerprint density at radius 3 is 2.50 bits per heavy atom. The molecule has 5 nitrogen and oxygen atoms in total. The van der Waals surface area contributed by atoms with E-state index in [1.807, 2.05) is 0 Å². The van der Waals surface area contributed by atoms with Crippen molar-refractivity contribution in [1.29, 1.82) is 0 Å². The topological polar surface area (TPSA) is 89.2 Å². The van der Waals surface area contributed by atoms with E-state index in [9.17, 15) is 0 Å². The van der Waals surface area contributed by atoms with E-state index in [1.54, 1.807) is 24.3 Å². The Hall–Kier alpha value is -1.71. The molecule has 0 amide bonds. The SMILES string of the molecule is [N-]=[N+]=NC(CCCCO)c1ccc(O)cc1. The molecule has 0 spiro atoms. The first kappa shape index (κ1) is 12.4. The summed E-state index contributed by atoms with van der Waals surface area (Å²) in [5, 5.41) is 21.5. The minimum absolute atomic E-state index is 0.151. The molecule has 1 rings (SSSR count). The van der Waals surface area contributed by atoms with Crippen molar-refractivity contribution >= 4 is 0 Å². The molecule has 1 aromatic carbocycles. The van der Waals surface area contributed by atoms with E-state index in [0.29, 0.717) is 12.8 Å². The van der Waals surface area contributed by atoms with Crippen molar-refractivity contribution in [2.24, 2.45) is 5.11 Å². The summed E-state index contributed by atoms with van der Waals surface area (Å²) in [5.41, 5.74) is 9.35. The minimum Gasteiger partial charge on any atom is -0.508 e. The second kappa shape index (κ2) is 6.71. The molecule has 0 saturated carbocycles. The Kier molecular flexibility index (Phi) is 5.19. The molecule has 0 aliphatic rings. The van der Waals surface area contributed by atoms with Crippen LogP contribution < -0.4 is 0 Å². The van der Waals surface area contributed by atoms with Crippen molar-refractivity contribution in [3.05, 3.63) is 40.3 Å². The molecule has 0 aliphatic carbocycles. The molecule has 2 N–H and O–H groups in total. The number of aliphatic hydroxyl groups excluding tert-OH is 1. The fourth-order valence-corrected chi connectivity index (χ4v) is 1.50. The summed E-state index contributed by atoms with van der Waals surface area (Å²) in [4.78, 5) is 2.81. The van der Waals surface area contributed by atoms with E-state index in [0.717, 1.165) is 12.0 Å². The minimum atomic E-state index is -0.225. The standard InChI is InChI=1S/C11H15N3O2/c12-14-13-11(3-1-2-8-15)9-4-6-10(16)7-5-9/h4-7,11,15-16H,1-3,8H2. The Bertz CT molecular complexity index is 358. The summed E-state index contributed by atoms with van der Waals surface area (Å²) in [6.07, 6.45) is 2.21. The van der Waals surface area contributed by atoms with Gasteiger partial charge in [0.25, 0.3) is 0 Å². The lowest BCUT2D eigenvalue weighted by Gasteiger charge is -2.10. The zero-order valence-corrected chi connectivity index (χ0v) is 8.95. The molecular formula is C11H15N3O2. The molecule has 1 aromatic rings. The predicted molar refractivity (Wildman–Crippen MR) is 60.9 cm³/mol. The zero-order valence-electron chi connectivity index (χ0n) is 8.95. The van der Waals surface area contributed by atoms with Crippen LogP contribution in [0.25, 0.3) is 10.4 Å². The van der Waals surface area contributed by atoms with Crippen LogP contribution in [0, 0.1) is 0 Å². The average Bonchev–Trinajstić information content (AvgIpc) is 2.29. The molecular weight excluding hydrogens is 206 g/mol. The van der Waals surface area contributed by atoms with Gasteiger partial charge in [-0.2, -0.15) is 0 Å². The normalized spacial score (nSPS) is 11.8. The van der Waals surface area contributed by atoms with E-state index in [1.165, 1.54) is 0 Å². The van der Waals surface area contributed by atoms with Gasteiger partial charge in [-0.05, 0) is 36.1 Å². The first-order valence-electron chi connectivity index (χ1n) is 5.22. The molecule has 0 aromatic heterocycles. The third-order valence-electron chi connectivity index (χ3n) is 2.35. The van der Waals surface area contributed by atoms with Crippen LogP contribution in [0.4, 0.5) is 0 Å². The average molecular weight is 221 g/mol. The van der Waals surface area contributed by atoms with E-state index in [4.69, 9.17) is 15.7 Å². The van der Waals surface area contributed by atoms with Crippen molar-refractivity contribution in [3.63, 3.8) is 0 Å². The van der Waals surface area contributed by atoms with Crippen molar-refractivity contribution < 1.29 is 10.2 Å².